The molecule has 19 heavy (non-hydrogen) atoms. The zero-order valence-electron chi connectivity index (χ0n) is 12.2. The molecule has 2 aromatic carbocycles. The van der Waals surface area contributed by atoms with Crippen molar-refractivity contribution in [1.82, 2.24) is 0 Å². The Morgan fingerprint density at radius 2 is 1.58 bits per heavy atom. The number of phenolic OH excluding ortho intramolecular Hbond substituents is 1. The molecule has 1 N–H and O–H groups in total. The van der Waals surface area contributed by atoms with E-state index in [0.717, 1.165) is 12.0 Å². The Morgan fingerprint density at radius 3 is 2.16 bits per heavy atom. The van der Waals surface area contributed by atoms with Crippen LogP contribution in [0.15, 0.2) is 42.5 Å². The van der Waals surface area contributed by atoms with Crippen LogP contribution in [0.3, 0.4) is 0 Å². The lowest BCUT2D eigenvalue weighted by Gasteiger charge is -2.26. The second-order valence-corrected chi connectivity index (χ2v) is 6.17. The van der Waals surface area contributed by atoms with E-state index < -0.39 is 0 Å². The Kier molecular flexibility index (Phi) is 3.66. The van der Waals surface area contributed by atoms with E-state index in [1.54, 1.807) is 0 Å². The third-order valence-electron chi connectivity index (χ3n) is 3.47. The van der Waals surface area contributed by atoms with E-state index in [9.17, 15) is 5.11 Å². The fourth-order valence-electron chi connectivity index (χ4n) is 2.78. The first-order valence-corrected chi connectivity index (χ1v) is 6.75. The lowest BCUT2D eigenvalue weighted by Crippen LogP contribution is -2.16. The van der Waals surface area contributed by atoms with E-state index in [0.29, 0.717) is 5.75 Å². The number of phenols is 1. The summed E-state index contributed by atoms with van der Waals surface area (Å²) >= 11 is 0. The van der Waals surface area contributed by atoms with Crippen LogP contribution in [0.25, 0.3) is 0 Å². The summed E-state index contributed by atoms with van der Waals surface area (Å²) in [6.45, 7) is 8.71. The predicted molar refractivity (Wildman–Crippen MR) is 80.8 cm³/mol. The molecule has 0 radical (unpaired) electrons. The summed E-state index contributed by atoms with van der Waals surface area (Å²) in [6.07, 6.45) is 0.779. The topological polar surface area (TPSA) is 20.2 Å². The second-order valence-electron chi connectivity index (χ2n) is 6.17. The van der Waals surface area contributed by atoms with Crippen molar-refractivity contribution in [3.63, 3.8) is 0 Å². The fraction of sp³-hybridized carbons (Fsp3) is 0.333. The molecule has 1 heteroatoms. The average molecular weight is 254 g/mol. The molecule has 0 amide bonds. The molecule has 2 aromatic rings. The van der Waals surface area contributed by atoms with E-state index in [1.165, 1.54) is 16.7 Å². The summed E-state index contributed by atoms with van der Waals surface area (Å²) in [7, 11) is 0. The maximum Gasteiger partial charge on any atom is 0.119 e. The van der Waals surface area contributed by atoms with Gasteiger partial charge in [-0.3, -0.25) is 0 Å². The molecular weight excluding hydrogens is 232 g/mol. The quantitative estimate of drug-likeness (QED) is 0.831. The van der Waals surface area contributed by atoms with Crippen molar-refractivity contribution in [3.05, 3.63) is 64.7 Å². The molecular formula is C18H22O. The van der Waals surface area contributed by atoms with E-state index in [-0.39, 0.29) is 5.41 Å². The Morgan fingerprint density at radius 1 is 0.947 bits per heavy atom. The molecule has 0 aliphatic heterocycles. The monoisotopic (exact) mass is 254 g/mol. The van der Waals surface area contributed by atoms with Gasteiger partial charge in [-0.1, -0.05) is 57.2 Å². The van der Waals surface area contributed by atoms with Crippen molar-refractivity contribution in [3.8, 4) is 5.75 Å². The van der Waals surface area contributed by atoms with Crippen molar-refractivity contribution in [2.45, 2.75) is 39.5 Å². The van der Waals surface area contributed by atoms with Crippen molar-refractivity contribution in [1.29, 1.82) is 0 Å². The summed E-state index contributed by atoms with van der Waals surface area (Å²) in [6, 6.07) is 14.1. The maximum absolute atomic E-state index is 10.2. The van der Waals surface area contributed by atoms with Crippen LogP contribution in [-0.4, -0.2) is 5.11 Å². The molecule has 0 aliphatic rings. The largest absolute Gasteiger partial charge is 0.508 e. The van der Waals surface area contributed by atoms with E-state index >= 15 is 0 Å². The van der Waals surface area contributed by atoms with Crippen LogP contribution in [0.5, 0.6) is 5.75 Å². The zero-order chi connectivity index (χ0) is 14.0. The Balaban J connectivity index is 2.53. The van der Waals surface area contributed by atoms with Crippen LogP contribution >= 0.6 is 0 Å². The van der Waals surface area contributed by atoms with Crippen LogP contribution in [0.1, 0.15) is 43.0 Å². The molecule has 0 saturated carbocycles. The van der Waals surface area contributed by atoms with Crippen molar-refractivity contribution >= 4 is 0 Å². The lowest BCUT2D eigenvalue weighted by molar-refractivity contribution is 0.463. The standard InChI is InChI=1S/C18H22O/c1-13-10-11-16(19)15(17(13)18(2,3)4)12-14-8-6-5-7-9-14/h5-11,19H,12H2,1-4H3. The molecule has 0 saturated heterocycles. The van der Waals surface area contributed by atoms with Gasteiger partial charge in [0.25, 0.3) is 0 Å². The molecule has 1 nitrogen and oxygen atoms in total. The molecule has 100 valence electrons. The van der Waals surface area contributed by atoms with Crippen LogP contribution in [0, 0.1) is 6.92 Å². The first kappa shape index (κ1) is 13.7. The van der Waals surface area contributed by atoms with Gasteiger partial charge >= 0.3 is 0 Å². The molecule has 0 unspecified atom stereocenters. The number of aryl methyl sites for hydroxylation is 1. The number of benzene rings is 2. The lowest BCUT2D eigenvalue weighted by atomic mass is 9.79. The minimum Gasteiger partial charge on any atom is -0.508 e. The molecule has 0 atom stereocenters. The van der Waals surface area contributed by atoms with Gasteiger partial charge in [0.15, 0.2) is 0 Å². The van der Waals surface area contributed by atoms with E-state index in [1.807, 2.05) is 30.3 Å². The van der Waals surface area contributed by atoms with Gasteiger partial charge in [0.2, 0.25) is 0 Å². The highest BCUT2D eigenvalue weighted by Crippen LogP contribution is 2.35. The van der Waals surface area contributed by atoms with E-state index in [2.05, 4.69) is 39.8 Å². The summed E-state index contributed by atoms with van der Waals surface area (Å²) in [5, 5.41) is 10.2. The second kappa shape index (κ2) is 5.08. The van der Waals surface area contributed by atoms with Crippen LogP contribution in [-0.2, 0) is 11.8 Å². The first-order valence-electron chi connectivity index (χ1n) is 6.75. The number of rotatable bonds is 2. The van der Waals surface area contributed by atoms with Gasteiger partial charge in [0.1, 0.15) is 5.75 Å². The first-order chi connectivity index (χ1) is 8.89. The third kappa shape index (κ3) is 2.98. The highest BCUT2D eigenvalue weighted by molar-refractivity contribution is 5.49. The number of aromatic hydroxyl groups is 1. The van der Waals surface area contributed by atoms with Crippen molar-refractivity contribution in [2.75, 3.05) is 0 Å². The van der Waals surface area contributed by atoms with Gasteiger partial charge in [-0.05, 0) is 35.1 Å². The van der Waals surface area contributed by atoms with Crippen LogP contribution < -0.4 is 0 Å². The minimum absolute atomic E-state index is 0.0347. The smallest absolute Gasteiger partial charge is 0.119 e. The van der Waals surface area contributed by atoms with E-state index in [4.69, 9.17) is 0 Å². The summed E-state index contributed by atoms with van der Waals surface area (Å²) in [5.74, 6) is 0.402. The third-order valence-corrected chi connectivity index (χ3v) is 3.47. The van der Waals surface area contributed by atoms with Gasteiger partial charge < -0.3 is 5.11 Å². The van der Waals surface area contributed by atoms with Gasteiger partial charge in [0.05, 0.1) is 0 Å². The van der Waals surface area contributed by atoms with Crippen LogP contribution in [0.2, 0.25) is 0 Å². The summed E-state index contributed by atoms with van der Waals surface area (Å²) in [4.78, 5) is 0. The Labute approximate surface area is 115 Å². The minimum atomic E-state index is 0.0347. The fourth-order valence-corrected chi connectivity index (χ4v) is 2.78. The molecule has 0 bridgehead atoms. The zero-order valence-corrected chi connectivity index (χ0v) is 12.2. The molecule has 0 aromatic heterocycles. The maximum atomic E-state index is 10.2. The summed E-state index contributed by atoms with van der Waals surface area (Å²) < 4.78 is 0. The molecule has 2 rings (SSSR count). The molecule has 0 heterocycles. The highest BCUT2D eigenvalue weighted by atomic mass is 16.3. The SMILES string of the molecule is Cc1ccc(O)c(Cc2ccccc2)c1C(C)(C)C. The Hall–Kier alpha value is -1.76. The van der Waals surface area contributed by atoms with Crippen LogP contribution in [0.4, 0.5) is 0 Å². The van der Waals surface area contributed by atoms with Crippen molar-refractivity contribution < 1.29 is 5.11 Å². The molecule has 0 aliphatic carbocycles. The van der Waals surface area contributed by atoms with Crippen molar-refractivity contribution in [2.24, 2.45) is 0 Å². The van der Waals surface area contributed by atoms with Gasteiger partial charge in [-0.2, -0.15) is 0 Å². The van der Waals surface area contributed by atoms with Gasteiger partial charge in [-0.15, -0.1) is 0 Å². The predicted octanol–water partition coefficient (Wildman–Crippen LogP) is 4.59. The molecule has 0 fully saturated rings. The normalized spacial score (nSPS) is 11.6. The Bertz CT molecular complexity index is 562. The molecule has 0 spiro atoms. The average Bonchev–Trinajstić information content (AvgIpc) is 2.33. The summed E-state index contributed by atoms with van der Waals surface area (Å²) in [5.41, 5.74) is 4.83. The number of hydrogen-bond acceptors (Lipinski definition) is 1. The van der Waals surface area contributed by atoms with Gasteiger partial charge in [0, 0.05) is 12.0 Å². The number of hydrogen-bond donors (Lipinski definition) is 1. The highest BCUT2D eigenvalue weighted by Gasteiger charge is 2.22. The van der Waals surface area contributed by atoms with Gasteiger partial charge in [-0.25, -0.2) is 0 Å².